The molecule has 1 N–H and O–H groups in total. The summed E-state index contributed by atoms with van der Waals surface area (Å²) in [6.45, 7) is 3.30. The Balaban J connectivity index is 3.16. The molecular weight excluding hydrogens is 206 g/mol. The number of hydrogen-bond donors (Lipinski definition) is 1. The Hall–Kier alpha value is -0.160. The van der Waals surface area contributed by atoms with Gasteiger partial charge in [0.15, 0.2) is 0 Å². The number of nitrogens with one attached hydrogen (secondary N) is 1. The lowest BCUT2D eigenvalue weighted by molar-refractivity contribution is 0.320. The van der Waals surface area contributed by atoms with Gasteiger partial charge in [-0.05, 0) is 32.0 Å². The number of rotatable bonds is 6. The zero-order valence-electron chi connectivity index (χ0n) is 8.17. The first-order valence-corrected chi connectivity index (χ1v) is 6.51. The molecule has 0 aliphatic heterocycles. The second-order valence-electron chi connectivity index (χ2n) is 2.63. The summed E-state index contributed by atoms with van der Waals surface area (Å²) in [7, 11) is -0.675. The third kappa shape index (κ3) is 9.76. The van der Waals surface area contributed by atoms with Gasteiger partial charge in [0, 0.05) is 29.4 Å². The average Bonchev–Trinajstić information content (AvgIpc) is 2.03. The van der Waals surface area contributed by atoms with E-state index in [1.807, 2.05) is 6.92 Å². The fraction of sp³-hybridized carbons (Fsp3) is 0.875. The minimum atomic E-state index is -0.675. The molecule has 0 spiro atoms. The van der Waals surface area contributed by atoms with Gasteiger partial charge >= 0.3 is 0 Å². The minimum Gasteiger partial charge on any atom is -0.471 e. The van der Waals surface area contributed by atoms with E-state index in [0.29, 0.717) is 11.8 Å². The van der Waals surface area contributed by atoms with Crippen molar-refractivity contribution in [3.63, 3.8) is 0 Å². The van der Waals surface area contributed by atoms with E-state index < -0.39 is 10.8 Å². The maximum absolute atomic E-state index is 10.7. The molecule has 78 valence electrons. The molecule has 0 aliphatic carbocycles. The normalized spacial score (nSPS) is 12.2. The predicted molar refractivity (Wildman–Crippen MR) is 60.4 cm³/mol. The van der Waals surface area contributed by atoms with Crippen molar-refractivity contribution < 1.29 is 8.95 Å². The molecule has 0 saturated carbocycles. The first kappa shape index (κ1) is 12.8. The van der Waals surface area contributed by atoms with Crippen LogP contribution in [0.5, 0.6) is 0 Å². The van der Waals surface area contributed by atoms with E-state index in [9.17, 15) is 4.21 Å². The molecule has 13 heavy (non-hydrogen) atoms. The highest BCUT2D eigenvalue weighted by molar-refractivity contribution is 7.84. The Bertz CT molecular complexity index is 174. The van der Waals surface area contributed by atoms with Crippen molar-refractivity contribution in [3.8, 4) is 0 Å². The van der Waals surface area contributed by atoms with Crippen LogP contribution < -0.4 is 5.32 Å². The molecule has 0 aromatic carbocycles. The van der Waals surface area contributed by atoms with Gasteiger partial charge < -0.3 is 10.1 Å². The Labute approximate surface area is 87.7 Å². The zero-order chi connectivity index (χ0) is 10.1. The van der Waals surface area contributed by atoms with Gasteiger partial charge in [-0.2, -0.15) is 0 Å². The topological polar surface area (TPSA) is 38.3 Å². The number of hydrogen-bond acceptors (Lipinski definition) is 3. The third-order valence-electron chi connectivity index (χ3n) is 1.40. The first-order chi connectivity index (χ1) is 6.16. The van der Waals surface area contributed by atoms with E-state index >= 15 is 0 Å². The highest BCUT2D eigenvalue weighted by Gasteiger charge is 1.95. The summed E-state index contributed by atoms with van der Waals surface area (Å²) >= 11 is 4.86. The highest BCUT2D eigenvalue weighted by Crippen LogP contribution is 1.89. The van der Waals surface area contributed by atoms with Crippen LogP contribution >= 0.6 is 12.2 Å². The lowest BCUT2D eigenvalue weighted by atomic mass is 10.3. The van der Waals surface area contributed by atoms with Gasteiger partial charge in [-0.3, -0.25) is 4.21 Å². The van der Waals surface area contributed by atoms with Crippen LogP contribution in [-0.4, -0.2) is 34.5 Å². The van der Waals surface area contributed by atoms with Crippen molar-refractivity contribution >= 4 is 28.2 Å². The van der Waals surface area contributed by atoms with Gasteiger partial charge in [0.1, 0.15) is 0 Å². The van der Waals surface area contributed by atoms with Crippen molar-refractivity contribution in [2.24, 2.45) is 0 Å². The lowest BCUT2D eigenvalue weighted by Crippen LogP contribution is -2.25. The van der Waals surface area contributed by atoms with Crippen LogP contribution in [0.3, 0.4) is 0 Å². The quantitative estimate of drug-likeness (QED) is 0.540. The minimum absolute atomic E-state index is 0.458. The molecule has 0 aromatic rings. The lowest BCUT2D eigenvalue weighted by Gasteiger charge is -2.06. The maximum Gasteiger partial charge on any atom is 0.256 e. The van der Waals surface area contributed by atoms with E-state index in [4.69, 9.17) is 17.0 Å². The molecule has 0 rings (SSSR count). The summed E-state index contributed by atoms with van der Waals surface area (Å²) in [6, 6.07) is 0. The van der Waals surface area contributed by atoms with E-state index in [2.05, 4.69) is 5.32 Å². The van der Waals surface area contributed by atoms with E-state index in [1.165, 1.54) is 0 Å². The standard InChI is InChI=1S/C8H17NO2S2/c1-3-11-8(12)9-6-4-5-7-13(2)10/h3-7H2,1-2H3,(H,9,12)/t13-/m0/s1. The van der Waals surface area contributed by atoms with Crippen molar-refractivity contribution in [2.75, 3.05) is 25.2 Å². The summed E-state index contributed by atoms with van der Waals surface area (Å²) in [5, 5.41) is 3.43. The van der Waals surface area contributed by atoms with Crippen LogP contribution in [0.25, 0.3) is 0 Å². The predicted octanol–water partition coefficient (Wildman–Crippen LogP) is 1.06. The largest absolute Gasteiger partial charge is 0.471 e. The van der Waals surface area contributed by atoms with Gasteiger partial charge in [-0.15, -0.1) is 0 Å². The van der Waals surface area contributed by atoms with Gasteiger partial charge in [0.25, 0.3) is 5.17 Å². The van der Waals surface area contributed by atoms with Crippen molar-refractivity contribution in [2.45, 2.75) is 19.8 Å². The Morgan fingerprint density at radius 3 is 2.77 bits per heavy atom. The van der Waals surface area contributed by atoms with Crippen LogP contribution in [0.4, 0.5) is 0 Å². The van der Waals surface area contributed by atoms with E-state index in [-0.39, 0.29) is 0 Å². The molecule has 0 aromatic heterocycles. The molecule has 5 heteroatoms. The molecule has 0 unspecified atom stereocenters. The molecule has 1 atom stereocenters. The zero-order valence-corrected chi connectivity index (χ0v) is 9.80. The van der Waals surface area contributed by atoms with Crippen LogP contribution in [-0.2, 0) is 15.5 Å². The Morgan fingerprint density at radius 1 is 1.54 bits per heavy atom. The third-order valence-corrected chi connectivity index (χ3v) is 2.53. The molecule has 0 bridgehead atoms. The van der Waals surface area contributed by atoms with E-state index in [0.717, 1.165) is 25.1 Å². The van der Waals surface area contributed by atoms with Crippen LogP contribution in [0.15, 0.2) is 0 Å². The Kier molecular flexibility index (Phi) is 8.33. The van der Waals surface area contributed by atoms with Gasteiger partial charge in [0.05, 0.1) is 6.61 Å². The fourth-order valence-corrected chi connectivity index (χ4v) is 1.63. The second-order valence-corrected chi connectivity index (χ2v) is 4.56. The van der Waals surface area contributed by atoms with E-state index in [1.54, 1.807) is 6.26 Å². The van der Waals surface area contributed by atoms with Crippen molar-refractivity contribution in [3.05, 3.63) is 0 Å². The average molecular weight is 223 g/mol. The maximum atomic E-state index is 10.7. The molecule has 0 radical (unpaired) electrons. The monoisotopic (exact) mass is 223 g/mol. The summed E-state index contributed by atoms with van der Waals surface area (Å²) in [6.07, 6.45) is 3.66. The van der Waals surface area contributed by atoms with Gasteiger partial charge in [0.2, 0.25) is 0 Å². The van der Waals surface area contributed by atoms with Crippen molar-refractivity contribution in [1.29, 1.82) is 0 Å². The second kappa shape index (κ2) is 8.44. The summed E-state index contributed by atoms with van der Waals surface area (Å²) < 4.78 is 15.7. The van der Waals surface area contributed by atoms with Crippen LogP contribution in [0, 0.1) is 0 Å². The van der Waals surface area contributed by atoms with Crippen LogP contribution in [0.2, 0.25) is 0 Å². The summed E-state index contributed by atoms with van der Waals surface area (Å²) in [5.74, 6) is 0.767. The summed E-state index contributed by atoms with van der Waals surface area (Å²) in [4.78, 5) is 0. The SMILES string of the molecule is CCOC(=S)NCCCC[S@](C)=O. The first-order valence-electron chi connectivity index (χ1n) is 4.37. The smallest absolute Gasteiger partial charge is 0.256 e. The molecular formula is C8H17NO2S2. The van der Waals surface area contributed by atoms with Crippen molar-refractivity contribution in [1.82, 2.24) is 5.32 Å². The molecule has 3 nitrogen and oxygen atoms in total. The molecule has 0 aliphatic rings. The summed E-state index contributed by atoms with van der Waals surface area (Å²) in [5.41, 5.74) is 0. The van der Waals surface area contributed by atoms with Crippen LogP contribution in [0.1, 0.15) is 19.8 Å². The number of ether oxygens (including phenoxy) is 1. The van der Waals surface area contributed by atoms with Gasteiger partial charge in [-0.1, -0.05) is 0 Å². The molecule has 0 amide bonds. The molecule has 0 fully saturated rings. The Morgan fingerprint density at radius 2 is 2.23 bits per heavy atom. The highest BCUT2D eigenvalue weighted by atomic mass is 32.2. The fourth-order valence-electron chi connectivity index (χ4n) is 0.803. The molecule has 0 saturated heterocycles. The van der Waals surface area contributed by atoms with Gasteiger partial charge in [-0.25, -0.2) is 0 Å². The number of thiocarbonyl (C=S) groups is 1. The molecule has 0 heterocycles. The number of unbranched alkanes of at least 4 members (excludes halogenated alkanes) is 1.